The Hall–Kier alpha value is -2.59. The van der Waals surface area contributed by atoms with Crippen LogP contribution in [0.3, 0.4) is 0 Å². The summed E-state index contributed by atoms with van der Waals surface area (Å²) in [6.45, 7) is 15.4. The molecule has 2 N–H and O–H groups in total. The molecule has 1 rings (SSSR count). The van der Waals surface area contributed by atoms with Crippen LogP contribution in [0, 0.1) is 6.57 Å². The molecule has 0 atom stereocenters. The quantitative estimate of drug-likeness (QED) is 0.431. The van der Waals surface area contributed by atoms with Crippen LogP contribution in [-0.4, -0.2) is 53.3 Å². The minimum absolute atomic E-state index is 0.656. The Morgan fingerprint density at radius 2 is 1.62 bits per heavy atom. The summed E-state index contributed by atoms with van der Waals surface area (Å²) < 4.78 is 5.63. The van der Waals surface area contributed by atoms with Gasteiger partial charge in [0.05, 0.1) is 13.2 Å². The van der Waals surface area contributed by atoms with Crippen molar-refractivity contribution >= 4 is 17.6 Å². The van der Waals surface area contributed by atoms with Gasteiger partial charge in [0.2, 0.25) is 0 Å². The molecular weight excluding hydrogens is 312 g/mol. The third kappa shape index (κ3) is 10.2. The number of aliphatic carboxylic acids is 2. The van der Waals surface area contributed by atoms with Crippen LogP contribution in [0.25, 0.3) is 4.85 Å². The monoisotopic (exact) mass is 336 g/mol. The zero-order chi connectivity index (χ0) is 18.4. The van der Waals surface area contributed by atoms with Crippen molar-refractivity contribution in [2.75, 3.05) is 26.2 Å². The first-order valence-electron chi connectivity index (χ1n) is 7.73. The Balaban J connectivity index is 0.000000754. The molecule has 0 aliphatic carbocycles. The molecule has 0 aliphatic heterocycles. The summed E-state index contributed by atoms with van der Waals surface area (Å²) >= 11 is 0. The minimum Gasteiger partial charge on any atom is -0.494 e. The Labute approximate surface area is 142 Å². The van der Waals surface area contributed by atoms with Crippen LogP contribution in [0.15, 0.2) is 24.3 Å². The van der Waals surface area contributed by atoms with Crippen LogP contribution in [0.1, 0.15) is 26.7 Å². The molecule has 0 fully saturated rings. The van der Waals surface area contributed by atoms with Gasteiger partial charge in [-0.05, 0) is 44.6 Å². The summed E-state index contributed by atoms with van der Waals surface area (Å²) in [7, 11) is 0. The second kappa shape index (κ2) is 12.9. The highest BCUT2D eigenvalue weighted by Gasteiger charge is 2.04. The van der Waals surface area contributed by atoms with E-state index >= 15 is 0 Å². The van der Waals surface area contributed by atoms with E-state index in [4.69, 9.17) is 31.1 Å². The number of benzene rings is 1. The molecule has 7 nitrogen and oxygen atoms in total. The number of nitrogens with zero attached hydrogens (tertiary/aromatic N) is 2. The van der Waals surface area contributed by atoms with Gasteiger partial charge in [0, 0.05) is 0 Å². The van der Waals surface area contributed by atoms with Gasteiger partial charge in [-0.1, -0.05) is 26.0 Å². The Bertz CT molecular complexity index is 521. The maximum atomic E-state index is 9.10. The van der Waals surface area contributed by atoms with Gasteiger partial charge in [-0.3, -0.25) is 0 Å². The van der Waals surface area contributed by atoms with Gasteiger partial charge >= 0.3 is 11.9 Å². The van der Waals surface area contributed by atoms with Crippen LogP contribution >= 0.6 is 0 Å². The van der Waals surface area contributed by atoms with Crippen molar-refractivity contribution in [1.82, 2.24) is 4.90 Å². The van der Waals surface area contributed by atoms with Gasteiger partial charge in [0.15, 0.2) is 5.69 Å². The number of rotatable bonds is 8. The minimum atomic E-state index is -1.82. The summed E-state index contributed by atoms with van der Waals surface area (Å²) in [6, 6.07) is 7.30. The second-order valence-corrected chi connectivity index (χ2v) is 4.80. The van der Waals surface area contributed by atoms with Crippen LogP contribution in [0.4, 0.5) is 5.69 Å². The standard InChI is InChI=1S/C15H22N2O.C2H2O4/c1-4-17(5-2)12-6-7-13-18-15-10-8-14(16-3)9-11-15;3-1(4)2(5)6/h8-11H,4-7,12-13H2,1-2H3;(H,3,4)(H,5,6). The van der Waals surface area contributed by atoms with Crippen molar-refractivity contribution in [1.29, 1.82) is 0 Å². The van der Waals surface area contributed by atoms with Gasteiger partial charge in [0.25, 0.3) is 0 Å². The fourth-order valence-electron chi connectivity index (χ4n) is 1.78. The van der Waals surface area contributed by atoms with Gasteiger partial charge < -0.3 is 19.8 Å². The predicted molar refractivity (Wildman–Crippen MR) is 90.5 cm³/mol. The summed E-state index contributed by atoms with van der Waals surface area (Å²) in [4.78, 5) is 24.0. The van der Waals surface area contributed by atoms with E-state index in [1.54, 1.807) is 12.1 Å². The average molecular weight is 336 g/mol. The maximum Gasteiger partial charge on any atom is 0.414 e. The van der Waals surface area contributed by atoms with Crippen LogP contribution in [-0.2, 0) is 9.59 Å². The Morgan fingerprint density at radius 3 is 2.04 bits per heavy atom. The van der Waals surface area contributed by atoms with Gasteiger partial charge in [0.1, 0.15) is 5.75 Å². The molecule has 0 aromatic heterocycles. The van der Waals surface area contributed by atoms with Crippen molar-refractivity contribution in [2.45, 2.75) is 26.7 Å². The van der Waals surface area contributed by atoms with Gasteiger partial charge in [-0.2, -0.15) is 0 Å². The summed E-state index contributed by atoms with van der Waals surface area (Å²) in [5, 5.41) is 14.8. The third-order valence-corrected chi connectivity index (χ3v) is 3.18. The lowest BCUT2D eigenvalue weighted by Gasteiger charge is -2.17. The molecule has 132 valence electrons. The largest absolute Gasteiger partial charge is 0.494 e. The third-order valence-electron chi connectivity index (χ3n) is 3.18. The first-order valence-corrected chi connectivity index (χ1v) is 7.73. The fraction of sp³-hybridized carbons (Fsp3) is 0.471. The molecule has 24 heavy (non-hydrogen) atoms. The lowest BCUT2D eigenvalue weighted by Crippen LogP contribution is -2.24. The van der Waals surface area contributed by atoms with E-state index in [0.717, 1.165) is 38.4 Å². The first-order chi connectivity index (χ1) is 11.4. The molecule has 0 amide bonds. The van der Waals surface area contributed by atoms with E-state index in [0.29, 0.717) is 5.69 Å². The predicted octanol–water partition coefficient (Wildman–Crippen LogP) is 2.89. The highest BCUT2D eigenvalue weighted by molar-refractivity contribution is 6.27. The number of hydrogen-bond acceptors (Lipinski definition) is 4. The van der Waals surface area contributed by atoms with Crippen molar-refractivity contribution in [3.63, 3.8) is 0 Å². The van der Waals surface area contributed by atoms with Crippen LogP contribution in [0.5, 0.6) is 5.75 Å². The molecule has 1 aromatic rings. The zero-order valence-corrected chi connectivity index (χ0v) is 14.1. The van der Waals surface area contributed by atoms with Crippen LogP contribution < -0.4 is 4.74 Å². The summed E-state index contributed by atoms with van der Waals surface area (Å²) in [6.07, 6.45) is 2.24. The van der Waals surface area contributed by atoms with Crippen LogP contribution in [0.2, 0.25) is 0 Å². The number of carbonyl (C=O) groups is 2. The van der Waals surface area contributed by atoms with E-state index in [1.165, 1.54) is 6.42 Å². The lowest BCUT2D eigenvalue weighted by molar-refractivity contribution is -0.159. The van der Waals surface area contributed by atoms with Crippen molar-refractivity contribution < 1.29 is 24.5 Å². The second-order valence-electron chi connectivity index (χ2n) is 4.80. The van der Waals surface area contributed by atoms with E-state index in [-0.39, 0.29) is 0 Å². The normalized spacial score (nSPS) is 9.58. The van der Waals surface area contributed by atoms with E-state index in [9.17, 15) is 0 Å². The van der Waals surface area contributed by atoms with Crippen molar-refractivity contribution in [3.05, 3.63) is 35.7 Å². The molecule has 0 spiro atoms. The van der Waals surface area contributed by atoms with Crippen molar-refractivity contribution in [2.24, 2.45) is 0 Å². The van der Waals surface area contributed by atoms with Gasteiger partial charge in [-0.25, -0.2) is 14.4 Å². The molecule has 0 saturated carbocycles. The molecule has 0 saturated heterocycles. The fourth-order valence-corrected chi connectivity index (χ4v) is 1.78. The molecule has 7 heteroatoms. The topological polar surface area (TPSA) is 91.4 Å². The zero-order valence-electron chi connectivity index (χ0n) is 14.1. The molecule has 0 heterocycles. The molecule has 0 aliphatic rings. The van der Waals surface area contributed by atoms with E-state index in [2.05, 4.69) is 23.6 Å². The highest BCUT2D eigenvalue weighted by Crippen LogP contribution is 2.17. The molecule has 0 radical (unpaired) electrons. The Morgan fingerprint density at radius 1 is 1.08 bits per heavy atom. The maximum absolute atomic E-state index is 9.10. The number of carboxylic acid groups (broad SMARTS) is 2. The highest BCUT2D eigenvalue weighted by atomic mass is 16.5. The molecule has 1 aromatic carbocycles. The summed E-state index contributed by atoms with van der Waals surface area (Å²) in [5.41, 5.74) is 0.656. The van der Waals surface area contributed by atoms with E-state index in [1.807, 2.05) is 12.1 Å². The first kappa shape index (κ1) is 21.4. The van der Waals surface area contributed by atoms with Gasteiger partial charge in [-0.15, -0.1) is 0 Å². The number of ether oxygens (including phenoxy) is 1. The SMILES string of the molecule is O=C(O)C(=O)O.[C-]#[N+]c1ccc(OCCCCN(CC)CC)cc1. The number of unbranched alkanes of at least 4 members (excludes halogenated alkanes) is 1. The van der Waals surface area contributed by atoms with E-state index < -0.39 is 11.9 Å². The molecule has 0 bridgehead atoms. The molecular formula is C17H24N2O5. The summed E-state index contributed by atoms with van der Waals surface area (Å²) in [5.74, 6) is -2.80. The number of hydrogen-bond donors (Lipinski definition) is 2. The van der Waals surface area contributed by atoms with Crippen molar-refractivity contribution in [3.8, 4) is 5.75 Å². The average Bonchev–Trinajstić information content (AvgIpc) is 2.59. The smallest absolute Gasteiger partial charge is 0.414 e. The number of carboxylic acids is 2. The Kier molecular flexibility index (Phi) is 11.5. The molecule has 0 unspecified atom stereocenters. The lowest BCUT2D eigenvalue weighted by atomic mass is 10.3.